The summed E-state index contributed by atoms with van der Waals surface area (Å²) < 4.78 is 26.4. The summed E-state index contributed by atoms with van der Waals surface area (Å²) in [4.78, 5) is 12.4. The zero-order chi connectivity index (χ0) is 22.8. The number of halogens is 1. The highest BCUT2D eigenvalue weighted by atomic mass is 35.5. The largest absolute Gasteiger partial charge is 0.316 e. The van der Waals surface area contributed by atoms with Gasteiger partial charge in [0, 0.05) is 29.6 Å². The van der Waals surface area contributed by atoms with Gasteiger partial charge >= 0.3 is 0 Å². The maximum atomic E-state index is 12.4. The van der Waals surface area contributed by atoms with Crippen LogP contribution in [0.15, 0.2) is 59.7 Å². The van der Waals surface area contributed by atoms with Crippen LogP contribution < -0.4 is 9.73 Å². The van der Waals surface area contributed by atoms with Gasteiger partial charge in [0.05, 0.1) is 28.9 Å². The maximum absolute atomic E-state index is 12.4. The quantitative estimate of drug-likeness (QED) is 0.449. The van der Waals surface area contributed by atoms with Crippen LogP contribution in [0.4, 0.5) is 5.69 Å². The number of anilines is 1. The highest BCUT2D eigenvalue weighted by molar-refractivity contribution is 7.92. The van der Waals surface area contributed by atoms with Gasteiger partial charge in [0.25, 0.3) is 5.91 Å². The normalized spacial score (nSPS) is 11.6. The fraction of sp³-hybridized carbons (Fsp3) is 0.182. The van der Waals surface area contributed by atoms with Crippen LogP contribution in [0.3, 0.4) is 0 Å². The topological polar surface area (TPSA) is 83.8 Å². The zero-order valence-corrected chi connectivity index (χ0v) is 19.2. The van der Waals surface area contributed by atoms with Crippen molar-refractivity contribution in [2.75, 3.05) is 17.6 Å². The smallest absolute Gasteiger partial charge is 0.271 e. The first kappa shape index (κ1) is 22.6. The Labute approximate surface area is 187 Å². The van der Waals surface area contributed by atoms with Crippen molar-refractivity contribution in [1.29, 1.82) is 0 Å². The number of nitrogens with zero attached hydrogens (tertiary/aromatic N) is 3. The molecule has 162 valence electrons. The third-order valence-corrected chi connectivity index (χ3v) is 6.45. The Balaban J connectivity index is 1.73. The number of hydrogen-bond acceptors (Lipinski definition) is 4. The van der Waals surface area contributed by atoms with Crippen LogP contribution in [0, 0.1) is 13.8 Å². The van der Waals surface area contributed by atoms with Gasteiger partial charge in [-0.3, -0.25) is 9.10 Å². The minimum Gasteiger partial charge on any atom is -0.316 e. The molecule has 3 rings (SSSR count). The van der Waals surface area contributed by atoms with Crippen LogP contribution in [0.25, 0.3) is 5.69 Å². The molecule has 0 aliphatic carbocycles. The predicted octanol–water partition coefficient (Wildman–Crippen LogP) is 3.91. The van der Waals surface area contributed by atoms with Crippen LogP contribution >= 0.6 is 11.6 Å². The van der Waals surface area contributed by atoms with Gasteiger partial charge in [-0.2, -0.15) is 5.10 Å². The Kier molecular flexibility index (Phi) is 6.52. The number of hydrogen-bond donors (Lipinski definition) is 1. The van der Waals surface area contributed by atoms with Gasteiger partial charge in [0.2, 0.25) is 10.0 Å². The molecule has 1 heterocycles. The fourth-order valence-electron chi connectivity index (χ4n) is 3.16. The highest BCUT2D eigenvalue weighted by Crippen LogP contribution is 2.25. The lowest BCUT2D eigenvalue weighted by Gasteiger charge is -2.16. The number of rotatable bonds is 6. The van der Waals surface area contributed by atoms with Crippen LogP contribution in [0.5, 0.6) is 0 Å². The Morgan fingerprint density at radius 1 is 1.13 bits per heavy atom. The van der Waals surface area contributed by atoms with E-state index in [4.69, 9.17) is 11.6 Å². The monoisotopic (exact) mass is 458 g/mol. The summed E-state index contributed by atoms with van der Waals surface area (Å²) in [5, 5.41) is 4.71. The van der Waals surface area contributed by atoms with E-state index in [-0.39, 0.29) is 0 Å². The van der Waals surface area contributed by atoms with Crippen molar-refractivity contribution in [2.45, 2.75) is 13.8 Å². The molecule has 9 heteroatoms. The molecule has 0 unspecified atom stereocenters. The molecule has 0 bridgehead atoms. The number of aromatic nitrogens is 1. The lowest BCUT2D eigenvalue weighted by atomic mass is 10.2. The number of nitrogens with one attached hydrogen (secondary N) is 1. The van der Waals surface area contributed by atoms with Crippen LogP contribution in [0.1, 0.15) is 27.3 Å². The highest BCUT2D eigenvalue weighted by Gasteiger charge is 2.14. The van der Waals surface area contributed by atoms with Gasteiger partial charge in [0.15, 0.2) is 0 Å². The zero-order valence-electron chi connectivity index (χ0n) is 17.6. The number of benzene rings is 2. The predicted molar refractivity (Wildman–Crippen MR) is 125 cm³/mol. The van der Waals surface area contributed by atoms with Crippen molar-refractivity contribution >= 4 is 39.4 Å². The van der Waals surface area contributed by atoms with Gasteiger partial charge in [-0.1, -0.05) is 23.7 Å². The van der Waals surface area contributed by atoms with E-state index in [2.05, 4.69) is 10.5 Å². The first-order chi connectivity index (χ1) is 14.6. The summed E-state index contributed by atoms with van der Waals surface area (Å²) in [6.07, 6.45) is 2.70. The Morgan fingerprint density at radius 2 is 1.77 bits per heavy atom. The van der Waals surface area contributed by atoms with E-state index in [1.165, 1.54) is 7.05 Å². The van der Waals surface area contributed by atoms with Crippen molar-refractivity contribution in [1.82, 2.24) is 9.99 Å². The lowest BCUT2D eigenvalue weighted by Crippen LogP contribution is -2.25. The number of hydrazone groups is 1. The molecule has 7 nitrogen and oxygen atoms in total. The number of sulfonamides is 1. The second-order valence-electron chi connectivity index (χ2n) is 7.09. The third kappa shape index (κ3) is 4.98. The van der Waals surface area contributed by atoms with E-state index < -0.39 is 15.9 Å². The molecular formula is C22H23ClN4O3S. The maximum Gasteiger partial charge on any atom is 0.271 e. The van der Waals surface area contributed by atoms with Crippen LogP contribution in [-0.2, 0) is 10.0 Å². The second-order valence-corrected chi connectivity index (χ2v) is 9.51. The fourth-order valence-corrected chi connectivity index (χ4v) is 3.89. The molecule has 0 aliphatic rings. The SMILES string of the molecule is Cc1cc(/C=N\NC(=O)c2ccc(N(C)S(C)(=O)=O)cc2)c(C)n1-c1ccccc1Cl. The number of para-hydroxylation sites is 1. The molecule has 31 heavy (non-hydrogen) atoms. The number of carbonyl (C=O) groups is 1. The Bertz CT molecular complexity index is 1250. The van der Waals surface area contributed by atoms with Crippen LogP contribution in [0.2, 0.25) is 5.02 Å². The van der Waals surface area contributed by atoms with E-state index in [1.807, 2.05) is 48.7 Å². The third-order valence-electron chi connectivity index (χ3n) is 4.92. The van der Waals surface area contributed by atoms with Gasteiger partial charge in [-0.15, -0.1) is 0 Å². The molecule has 1 N–H and O–H groups in total. The molecule has 0 saturated heterocycles. The molecule has 2 aromatic carbocycles. The molecule has 0 radical (unpaired) electrons. The Morgan fingerprint density at radius 3 is 2.39 bits per heavy atom. The molecule has 3 aromatic rings. The molecule has 0 spiro atoms. The van der Waals surface area contributed by atoms with E-state index in [1.54, 1.807) is 30.5 Å². The summed E-state index contributed by atoms with van der Waals surface area (Å²) in [7, 11) is -1.91. The van der Waals surface area contributed by atoms with Crippen molar-refractivity contribution < 1.29 is 13.2 Å². The average Bonchev–Trinajstić information content (AvgIpc) is 3.00. The Hall–Kier alpha value is -3.10. The van der Waals surface area contributed by atoms with E-state index in [0.717, 1.165) is 33.2 Å². The van der Waals surface area contributed by atoms with Crippen LogP contribution in [-0.4, -0.2) is 38.4 Å². The minimum atomic E-state index is -3.36. The van der Waals surface area contributed by atoms with E-state index in [0.29, 0.717) is 16.3 Å². The van der Waals surface area contributed by atoms with Crippen molar-refractivity contribution in [2.24, 2.45) is 5.10 Å². The van der Waals surface area contributed by atoms with Gasteiger partial charge < -0.3 is 4.57 Å². The average molecular weight is 459 g/mol. The molecular weight excluding hydrogens is 436 g/mol. The molecule has 0 saturated carbocycles. The summed E-state index contributed by atoms with van der Waals surface area (Å²) in [5.41, 5.74) is 6.99. The summed E-state index contributed by atoms with van der Waals surface area (Å²) >= 11 is 6.33. The first-order valence-corrected chi connectivity index (χ1v) is 11.6. The lowest BCUT2D eigenvalue weighted by molar-refractivity contribution is 0.0955. The van der Waals surface area contributed by atoms with Crippen molar-refractivity contribution in [3.8, 4) is 5.69 Å². The first-order valence-electron chi connectivity index (χ1n) is 9.41. The number of aryl methyl sites for hydroxylation is 1. The summed E-state index contributed by atoms with van der Waals surface area (Å²) in [5.74, 6) is -0.398. The van der Waals surface area contributed by atoms with Gasteiger partial charge in [-0.25, -0.2) is 13.8 Å². The summed E-state index contributed by atoms with van der Waals surface area (Å²) in [6.45, 7) is 3.93. The van der Waals surface area contributed by atoms with E-state index >= 15 is 0 Å². The molecule has 0 atom stereocenters. The van der Waals surface area contributed by atoms with Gasteiger partial charge in [0.1, 0.15) is 0 Å². The number of carbonyl (C=O) groups excluding carboxylic acids is 1. The minimum absolute atomic E-state index is 0.365. The van der Waals surface area contributed by atoms with Crippen molar-refractivity contribution in [3.05, 3.63) is 82.1 Å². The molecule has 1 amide bonds. The molecule has 1 aromatic heterocycles. The van der Waals surface area contributed by atoms with Gasteiger partial charge in [-0.05, 0) is 56.3 Å². The number of amides is 1. The van der Waals surface area contributed by atoms with Crippen molar-refractivity contribution in [3.63, 3.8) is 0 Å². The molecule has 0 aliphatic heterocycles. The second kappa shape index (κ2) is 8.95. The van der Waals surface area contributed by atoms with E-state index in [9.17, 15) is 13.2 Å². The molecule has 0 fully saturated rings. The standard InChI is InChI=1S/C22H23ClN4O3S/c1-15-13-18(16(2)27(15)21-8-6-5-7-20(21)23)14-24-25-22(28)17-9-11-19(12-10-17)26(3)31(4,29)30/h5-14H,1-4H3,(H,25,28)/b24-14-. The summed E-state index contributed by atoms with van der Waals surface area (Å²) in [6, 6.07) is 15.8.